The molecule has 3 heterocycles. The van der Waals surface area contributed by atoms with Gasteiger partial charge in [0.05, 0.1) is 32.4 Å². The van der Waals surface area contributed by atoms with Gasteiger partial charge in [-0.15, -0.1) is 0 Å². The Morgan fingerprint density at radius 3 is 2.46 bits per heavy atom. The number of likely N-dealkylation sites (tertiary alicyclic amines) is 1. The van der Waals surface area contributed by atoms with E-state index in [4.69, 9.17) is 18.6 Å². The van der Waals surface area contributed by atoms with E-state index in [1.54, 1.807) is 35.2 Å². The predicted molar refractivity (Wildman–Crippen MR) is 137 cm³/mol. The Morgan fingerprint density at radius 1 is 1.00 bits per heavy atom. The fraction of sp³-hybridized carbons (Fsp3) is 0.346. The maximum absolute atomic E-state index is 13.1. The van der Waals surface area contributed by atoms with E-state index in [1.807, 2.05) is 0 Å². The summed E-state index contributed by atoms with van der Waals surface area (Å²) in [6.07, 6.45) is 3.02. The van der Waals surface area contributed by atoms with Crippen LogP contribution in [0.25, 0.3) is 22.0 Å². The number of aromatic amines is 1. The molecule has 1 saturated heterocycles. The summed E-state index contributed by atoms with van der Waals surface area (Å²) in [7, 11) is 4.56. The van der Waals surface area contributed by atoms with Crippen molar-refractivity contribution in [2.24, 2.45) is 0 Å². The topological polar surface area (TPSA) is 128 Å². The van der Waals surface area contributed by atoms with Crippen molar-refractivity contribution in [2.75, 3.05) is 39.7 Å². The van der Waals surface area contributed by atoms with Gasteiger partial charge >= 0.3 is 5.76 Å². The average molecular weight is 509 g/mol. The number of hydrogen-bond donors (Lipinski definition) is 2. The molecule has 2 amide bonds. The Bertz CT molecular complexity index is 1540. The molecule has 2 aromatic carbocycles. The van der Waals surface area contributed by atoms with Crippen LogP contribution in [0.5, 0.6) is 17.2 Å². The molecule has 1 aliphatic heterocycles. The van der Waals surface area contributed by atoms with E-state index >= 15 is 0 Å². The molecule has 4 aromatic rings. The summed E-state index contributed by atoms with van der Waals surface area (Å²) in [6, 6.07) is 8.20. The van der Waals surface area contributed by atoms with Gasteiger partial charge in [-0.25, -0.2) is 4.79 Å². The molecule has 0 spiro atoms. The summed E-state index contributed by atoms with van der Waals surface area (Å²) in [6.45, 7) is 1.26. The van der Waals surface area contributed by atoms with Gasteiger partial charge in [-0.2, -0.15) is 0 Å². The molecular weight excluding hydrogens is 480 g/mol. The summed E-state index contributed by atoms with van der Waals surface area (Å²) in [5, 5.41) is 3.49. The van der Waals surface area contributed by atoms with Gasteiger partial charge in [0.15, 0.2) is 17.1 Å². The third-order valence-corrected chi connectivity index (χ3v) is 6.61. The van der Waals surface area contributed by atoms with Crippen LogP contribution in [0.1, 0.15) is 29.8 Å². The number of fused-ring (bicyclic) bond motifs is 2. The zero-order valence-electron chi connectivity index (χ0n) is 20.9. The van der Waals surface area contributed by atoms with Crippen molar-refractivity contribution in [1.29, 1.82) is 0 Å². The number of hydrogen-bond acceptors (Lipinski definition) is 7. The van der Waals surface area contributed by atoms with Crippen LogP contribution in [0.15, 0.2) is 39.5 Å². The summed E-state index contributed by atoms with van der Waals surface area (Å²) >= 11 is 0. The Labute approximate surface area is 211 Å². The number of methoxy groups -OCH3 is 3. The van der Waals surface area contributed by atoms with Crippen LogP contribution in [0, 0.1) is 0 Å². The fourth-order valence-electron chi connectivity index (χ4n) is 4.73. The number of nitrogens with one attached hydrogen (secondary N) is 2. The molecule has 0 unspecified atom stereocenters. The Morgan fingerprint density at radius 2 is 1.76 bits per heavy atom. The minimum absolute atomic E-state index is 0.118. The lowest BCUT2D eigenvalue weighted by Gasteiger charge is -2.26. The Balaban J connectivity index is 1.43. The minimum atomic E-state index is -0.618. The molecule has 11 nitrogen and oxygen atoms in total. The number of amides is 2. The Hall–Kier alpha value is -4.41. The summed E-state index contributed by atoms with van der Waals surface area (Å²) in [5.74, 6) is 0.260. The molecule has 2 N–H and O–H groups in total. The van der Waals surface area contributed by atoms with Crippen LogP contribution in [0.4, 0.5) is 5.69 Å². The fourth-order valence-corrected chi connectivity index (χ4v) is 4.73. The lowest BCUT2D eigenvalue weighted by atomic mass is 10.1. The minimum Gasteiger partial charge on any atom is -0.496 e. The number of H-pyrrole nitrogens is 1. The van der Waals surface area contributed by atoms with Gasteiger partial charge < -0.3 is 33.8 Å². The van der Waals surface area contributed by atoms with E-state index < -0.39 is 11.7 Å². The van der Waals surface area contributed by atoms with Crippen molar-refractivity contribution in [3.63, 3.8) is 0 Å². The van der Waals surface area contributed by atoms with Crippen molar-refractivity contribution in [1.82, 2.24) is 14.5 Å². The maximum atomic E-state index is 13.1. The molecule has 1 fully saturated rings. The smallest absolute Gasteiger partial charge is 0.420 e. The average Bonchev–Trinajstić information content (AvgIpc) is 3.49. The molecule has 37 heavy (non-hydrogen) atoms. The van der Waals surface area contributed by atoms with Gasteiger partial charge in [0.25, 0.3) is 5.91 Å². The second-order valence-corrected chi connectivity index (χ2v) is 8.82. The lowest BCUT2D eigenvalue weighted by Crippen LogP contribution is -2.39. The van der Waals surface area contributed by atoms with E-state index in [0.29, 0.717) is 58.0 Å². The molecule has 0 radical (unpaired) electrons. The molecule has 0 bridgehead atoms. The number of benzene rings is 2. The number of carbonyl (C=O) groups excluding carboxylic acids is 2. The highest BCUT2D eigenvalue weighted by molar-refractivity contribution is 6.08. The zero-order valence-corrected chi connectivity index (χ0v) is 20.9. The first-order valence-electron chi connectivity index (χ1n) is 12.0. The van der Waals surface area contributed by atoms with E-state index in [1.165, 1.54) is 25.9 Å². The standard InChI is InChI=1S/C26H28N4O7/c1-34-20-13-21(35-2)24(36-3)23-16(20)12-17(28-23)25(32)27-15-7-8-19-18(11-15)30(26(33)37-19)14-22(31)29-9-5-4-6-10-29/h7-8,11-13,28H,4-6,9-10,14H2,1-3H3,(H,27,32). The quantitative estimate of drug-likeness (QED) is 0.392. The molecule has 0 atom stereocenters. The van der Waals surface area contributed by atoms with Crippen molar-refractivity contribution in [2.45, 2.75) is 25.8 Å². The molecular formula is C26H28N4O7. The highest BCUT2D eigenvalue weighted by atomic mass is 16.5. The van der Waals surface area contributed by atoms with Crippen LogP contribution in [0.2, 0.25) is 0 Å². The largest absolute Gasteiger partial charge is 0.496 e. The number of carbonyl (C=O) groups is 2. The summed E-state index contributed by atoms with van der Waals surface area (Å²) < 4.78 is 22.9. The van der Waals surface area contributed by atoms with E-state index in [2.05, 4.69) is 10.3 Å². The third kappa shape index (κ3) is 4.48. The number of nitrogens with zero attached hydrogens (tertiary/aromatic N) is 2. The summed E-state index contributed by atoms with van der Waals surface area (Å²) in [5.41, 5.74) is 2.02. The molecule has 1 aliphatic rings. The lowest BCUT2D eigenvalue weighted by molar-refractivity contribution is -0.132. The number of piperidine rings is 1. The molecule has 194 valence electrons. The van der Waals surface area contributed by atoms with Crippen molar-refractivity contribution in [3.8, 4) is 17.2 Å². The molecule has 0 aliphatic carbocycles. The van der Waals surface area contributed by atoms with E-state index in [9.17, 15) is 14.4 Å². The van der Waals surface area contributed by atoms with E-state index in [-0.39, 0.29) is 18.1 Å². The van der Waals surface area contributed by atoms with Crippen LogP contribution in [-0.2, 0) is 11.3 Å². The highest BCUT2D eigenvalue weighted by Crippen LogP contribution is 2.41. The first kappa shape index (κ1) is 24.3. The number of oxazole rings is 1. The normalized spacial score (nSPS) is 13.6. The van der Waals surface area contributed by atoms with Gasteiger partial charge in [-0.1, -0.05) is 0 Å². The first-order valence-corrected chi connectivity index (χ1v) is 12.0. The van der Waals surface area contributed by atoms with Crippen LogP contribution >= 0.6 is 0 Å². The molecule has 0 saturated carbocycles. The monoisotopic (exact) mass is 508 g/mol. The van der Waals surface area contributed by atoms with Gasteiger partial charge in [0, 0.05) is 30.2 Å². The number of aromatic nitrogens is 2. The van der Waals surface area contributed by atoms with Crippen LogP contribution in [0.3, 0.4) is 0 Å². The Kier molecular flexibility index (Phi) is 6.51. The van der Waals surface area contributed by atoms with Crippen LogP contribution < -0.4 is 25.3 Å². The maximum Gasteiger partial charge on any atom is 0.420 e. The van der Waals surface area contributed by atoms with Gasteiger partial charge in [0.1, 0.15) is 18.0 Å². The molecule has 11 heteroatoms. The van der Waals surface area contributed by atoms with Crippen molar-refractivity contribution < 1.29 is 28.2 Å². The summed E-state index contributed by atoms with van der Waals surface area (Å²) in [4.78, 5) is 43.2. The van der Waals surface area contributed by atoms with Crippen LogP contribution in [-0.4, -0.2) is 60.7 Å². The first-order chi connectivity index (χ1) is 17.9. The second kappa shape index (κ2) is 9.92. The zero-order chi connectivity index (χ0) is 26.1. The third-order valence-electron chi connectivity index (χ3n) is 6.61. The van der Waals surface area contributed by atoms with Crippen molar-refractivity contribution >= 4 is 39.5 Å². The van der Waals surface area contributed by atoms with Crippen molar-refractivity contribution in [3.05, 3.63) is 46.6 Å². The van der Waals surface area contributed by atoms with Gasteiger partial charge in [0.2, 0.25) is 5.91 Å². The molecule has 2 aromatic heterocycles. The van der Waals surface area contributed by atoms with Gasteiger partial charge in [-0.05, 0) is 43.5 Å². The molecule has 5 rings (SSSR count). The number of rotatable bonds is 7. The predicted octanol–water partition coefficient (Wildman–Crippen LogP) is 3.37. The number of ether oxygens (including phenoxy) is 3. The van der Waals surface area contributed by atoms with Gasteiger partial charge in [-0.3, -0.25) is 14.2 Å². The highest BCUT2D eigenvalue weighted by Gasteiger charge is 2.22. The number of anilines is 1. The second-order valence-electron chi connectivity index (χ2n) is 8.82. The SMILES string of the molecule is COc1cc(OC)c2cc(C(=O)Nc3ccc4oc(=O)n(CC(=O)N5CCCCC5)c4c3)[nH]c2c1OC. The van der Waals surface area contributed by atoms with E-state index in [0.717, 1.165) is 19.3 Å².